The van der Waals surface area contributed by atoms with Crippen LogP contribution in [0, 0.1) is 81.0 Å². The molecule has 2 N–H and O–H groups in total. The molecular weight excluding hydrogens is 2760 g/mol. The van der Waals surface area contributed by atoms with Crippen molar-refractivity contribution in [3.05, 3.63) is 467 Å². The fraction of sp³-hybridized carbons (Fsp3) is 0.0561. The molecule has 0 aliphatic carbocycles. The van der Waals surface area contributed by atoms with Crippen LogP contribution in [0.3, 0.4) is 0 Å². The molecule has 0 unspecified atom stereocenters. The maximum atomic E-state index is 13.2. The normalized spacial score (nSPS) is 11.4. The Kier molecular flexibility index (Phi) is 43.7. The summed E-state index contributed by atoms with van der Waals surface area (Å²) in [7, 11) is 3.99. The molecule has 133 heavy (non-hydrogen) atoms. The summed E-state index contributed by atoms with van der Waals surface area (Å²) in [5, 5.41) is 27.6. The predicted octanol–water partition coefficient (Wildman–Crippen LogP) is 24.9. The summed E-state index contributed by atoms with van der Waals surface area (Å²) < 4.78 is 79.5. The van der Waals surface area contributed by atoms with Crippen LogP contribution in [-0.4, -0.2) is 76.0 Å². The minimum Gasteiger partial charge on any atom is -0.574 e. The van der Waals surface area contributed by atoms with Crippen LogP contribution in [0.4, 0.5) is 35.9 Å². The average molecular weight is 2850 g/mol. The van der Waals surface area contributed by atoms with Crippen LogP contribution in [0.25, 0.3) is 98.8 Å². The number of aromatic nitrogens is 8. The van der Waals surface area contributed by atoms with Crippen LogP contribution in [0.1, 0.15) is 42.3 Å². The number of hydrogen-bond acceptors (Lipinski definition) is 15. The number of fused-ring (bicyclic) bond motifs is 3. The zero-order chi connectivity index (χ0) is 93.4. The van der Waals surface area contributed by atoms with Gasteiger partial charge >= 0.3 is 26.1 Å². The molecule has 2 aliphatic heterocycles. The number of thiophene rings is 1. The van der Waals surface area contributed by atoms with E-state index in [0.29, 0.717) is 11.3 Å². The Labute approximate surface area is 865 Å². The number of carbonyl (C=O) groups is 2. The van der Waals surface area contributed by atoms with Crippen molar-refractivity contribution in [2.75, 3.05) is 28.8 Å². The van der Waals surface area contributed by atoms with Crippen LogP contribution >= 0.6 is 11.3 Å². The molecular formula is C107H84F3Ir6N12O4S-6. The van der Waals surface area contributed by atoms with Gasteiger partial charge in [0.1, 0.15) is 5.69 Å². The van der Waals surface area contributed by atoms with Crippen molar-refractivity contribution in [3.63, 3.8) is 0 Å². The second-order valence-electron chi connectivity index (χ2n) is 27.6. The number of halogens is 3. The molecule has 0 bridgehead atoms. The quantitative estimate of drug-likeness (QED) is 0.0705. The first kappa shape index (κ1) is 101. The minimum absolute atomic E-state index is 0. The van der Waals surface area contributed by atoms with Crippen LogP contribution in [0.15, 0.2) is 383 Å². The Morgan fingerprint density at radius 1 is 0.496 bits per heavy atom. The van der Waals surface area contributed by atoms with Gasteiger partial charge in [-0.15, -0.1) is 124 Å². The van der Waals surface area contributed by atoms with E-state index in [2.05, 4.69) is 192 Å². The number of rotatable bonds is 11. The standard InChI is InChI=1S/C22H16N.C18H14N.C14H12N2.C13H8NS.C11H6F2N.C10H9FN2.C8H6N3.C6H5NO2.C5H8O2.6Ir/c1-16-14-22(23-15-21(16)18-8-3-2-4-9-18)20-13-7-11-17-10-5-6-12-19(17)20;1-14-13-16(18-9-5-6-12-19-18)10-11-17(14)15-7-3-2-4-8-15;1-15-11-16(12-7-3-2-4-8-12)14-10-6-5-9-13(14)15;1-2-7-12-10(5-1)9-13(15-12)11-6-3-4-8-14-11;12-8-4-5-9(10(13)7-8)11-3-1-2-6-14-11;1-12-6-7-13(8-12)10-4-2-9(11)3-5-10;1-2-5-9-7(3-1)8-4-6-10-11-8;8-6(9)5-3-1-2-4-7-5;1-4(6)3-5(2)7;;;;;;/h2-12,14-15H,1H3;2-9,11-13H,1H3;2-7,9-11H,1H3;1-8H;1-4,6-7H;2-4,6-8H,1H3;1-6H;1-4H,(H,8,9);3,6H,1-2H3;;;;;;/q2*-1;-2;2*-1;-2;-1;;;;;;;;+3/i2D,3D,4D,8D,9D;;;;;;;;;;;;;;. The first-order valence-corrected chi connectivity index (χ1v) is 40.3. The van der Waals surface area contributed by atoms with E-state index in [0.717, 1.165) is 84.3 Å². The van der Waals surface area contributed by atoms with Crippen molar-refractivity contribution in [1.29, 1.82) is 0 Å². The Hall–Kier alpha value is -12.2. The zero-order valence-corrected chi connectivity index (χ0v) is 86.9. The fourth-order valence-corrected chi connectivity index (χ4v) is 13.4. The molecule has 10 heterocycles. The van der Waals surface area contributed by atoms with E-state index in [-0.39, 0.29) is 179 Å². The molecule has 0 amide bonds. The number of para-hydroxylation sites is 3. The third kappa shape index (κ3) is 33.2. The summed E-state index contributed by atoms with van der Waals surface area (Å²) in [6.07, 6.45) is 16.6. The van der Waals surface area contributed by atoms with E-state index in [4.69, 9.17) is 17.1 Å². The van der Waals surface area contributed by atoms with Gasteiger partial charge in [0.2, 0.25) is 0 Å². The van der Waals surface area contributed by atoms with E-state index in [9.17, 15) is 22.8 Å². The molecule has 5 radical (unpaired) electrons. The minimum atomic E-state index is -0.990. The number of aliphatic hydroxyl groups is 1. The molecule has 8 aromatic heterocycles. The summed E-state index contributed by atoms with van der Waals surface area (Å²) in [4.78, 5) is 54.2. The molecule has 2 aliphatic rings. The Morgan fingerprint density at radius 3 is 1.67 bits per heavy atom. The van der Waals surface area contributed by atoms with Crippen molar-refractivity contribution < 1.29 is 160 Å². The van der Waals surface area contributed by atoms with Crippen molar-refractivity contribution in [1.82, 2.24) is 45.0 Å². The zero-order valence-electron chi connectivity index (χ0n) is 76.7. The summed E-state index contributed by atoms with van der Waals surface area (Å²) in [5.74, 6) is -2.60. The van der Waals surface area contributed by atoms with E-state index < -0.39 is 23.6 Å². The van der Waals surface area contributed by atoms with Gasteiger partial charge in [-0.1, -0.05) is 210 Å². The van der Waals surface area contributed by atoms with Crippen molar-refractivity contribution in [2.24, 2.45) is 0 Å². The van der Waals surface area contributed by atoms with E-state index in [1.165, 1.54) is 82.5 Å². The SMILES string of the molecule is CC(=O)C=C(C)O.CN1C=CN(c2[c-]cc(F)cc2)[CH-]1.CN1[CH-]N(c2[c-]cccc2)c2ccccc21.Cc1cc(-c2ccccn2)[c-]cc1-c1ccccc1.Fc1c[c-]c(-c2ccccn2)c(F)c1.O=C(O)c1ccccn1.[2H]c1c([2H])c([2H])c(-c2cnc(-c3[c-]ccc4ccccc34)cc2C)c([2H])c1[2H].[Ir+3].[Ir].[Ir].[Ir].[Ir].[Ir].[c-]1c(-c2ccccn2)sc2ccccc12.c1ccc(-c2ccn[n-]2)nc1. The summed E-state index contributed by atoms with van der Waals surface area (Å²) >= 11 is 1.73. The van der Waals surface area contributed by atoms with Crippen molar-refractivity contribution >= 4 is 66.7 Å². The van der Waals surface area contributed by atoms with Crippen LogP contribution < -0.4 is 19.8 Å². The number of carbonyl (C=O) groups excluding carboxylic acids is 1. The predicted molar refractivity (Wildman–Crippen MR) is 502 cm³/mol. The van der Waals surface area contributed by atoms with Crippen LogP contribution in [0.5, 0.6) is 0 Å². The molecule has 0 spiro atoms. The van der Waals surface area contributed by atoms with E-state index in [1.807, 2.05) is 189 Å². The summed E-state index contributed by atoms with van der Waals surface area (Å²) in [5.41, 5.74) is 16.5. The number of nitrogens with zero attached hydrogens (tertiary/aromatic N) is 12. The molecule has 10 aromatic carbocycles. The maximum Gasteiger partial charge on any atom is 3.00 e. The maximum absolute atomic E-state index is 13.2. The first-order valence-electron chi connectivity index (χ1n) is 42.0. The molecule has 0 fully saturated rings. The van der Waals surface area contributed by atoms with Gasteiger partial charge in [-0.3, -0.25) is 22.9 Å². The van der Waals surface area contributed by atoms with Gasteiger partial charge in [0, 0.05) is 196 Å². The first-order chi connectivity index (χ1) is 64.0. The Morgan fingerprint density at radius 2 is 1.11 bits per heavy atom. The van der Waals surface area contributed by atoms with Gasteiger partial charge in [-0.05, 0) is 140 Å². The van der Waals surface area contributed by atoms with Gasteiger partial charge in [0.25, 0.3) is 0 Å². The summed E-state index contributed by atoms with van der Waals surface area (Å²) in [6.45, 7) is 10.8. The van der Waals surface area contributed by atoms with E-state index >= 15 is 0 Å². The average Bonchev–Trinajstić information content (AvgIpc) is 0.787. The number of allylic oxidation sites excluding steroid dienone is 2. The molecule has 0 saturated carbocycles. The number of aliphatic hydroxyl groups excluding tert-OH is 1. The molecule has 20 rings (SSSR count). The molecule has 26 heteroatoms. The number of aromatic carboxylic acids is 1. The molecule has 0 saturated heterocycles. The number of pyridine rings is 6. The second kappa shape index (κ2) is 57.3. The number of aryl methyl sites for hydroxylation is 2. The van der Waals surface area contributed by atoms with Crippen LogP contribution in [-0.2, 0) is 125 Å². The van der Waals surface area contributed by atoms with Crippen molar-refractivity contribution in [2.45, 2.75) is 27.7 Å². The fourth-order valence-electron chi connectivity index (χ4n) is 12.4. The van der Waals surface area contributed by atoms with Gasteiger partial charge < -0.3 is 59.9 Å². The molecule has 16 nitrogen and oxygen atoms in total. The third-order valence-corrected chi connectivity index (χ3v) is 19.4. The van der Waals surface area contributed by atoms with Crippen LogP contribution in [0.2, 0.25) is 0 Å². The Bertz CT molecular complexity index is 6840. The molecule has 0 atom stereocenters. The van der Waals surface area contributed by atoms with Crippen molar-refractivity contribution in [3.8, 4) is 78.0 Å². The number of anilines is 4. The smallest absolute Gasteiger partial charge is 0.574 e. The number of carboxylic acid groups (broad SMARTS) is 1. The molecule has 683 valence electrons. The van der Waals surface area contributed by atoms with Gasteiger partial charge in [-0.25, -0.2) is 21.1 Å². The van der Waals surface area contributed by atoms with E-state index in [1.54, 1.807) is 72.5 Å². The topological polar surface area (TPSA) is 192 Å². The summed E-state index contributed by atoms with van der Waals surface area (Å²) in [6, 6.07) is 106. The second-order valence-corrected chi connectivity index (χ2v) is 28.7. The number of benzene rings is 10. The molecule has 18 aromatic rings. The number of hydrogen-bond donors (Lipinski definition) is 2. The third-order valence-electron chi connectivity index (χ3n) is 18.3. The number of ketones is 1. The van der Waals surface area contributed by atoms with Gasteiger partial charge in [-0.2, -0.15) is 49.7 Å². The van der Waals surface area contributed by atoms with Gasteiger partial charge in [0.15, 0.2) is 5.78 Å². The van der Waals surface area contributed by atoms with Gasteiger partial charge in [0.05, 0.1) is 12.6 Å². The Balaban J connectivity index is 0.000000243. The largest absolute Gasteiger partial charge is 3.00 e. The monoisotopic (exact) mass is 2850 g/mol. The number of carboxylic acids is 1.